The van der Waals surface area contributed by atoms with Gasteiger partial charge in [-0.25, -0.2) is 4.98 Å². The molecule has 1 aromatic heterocycles. The van der Waals surface area contributed by atoms with Gasteiger partial charge in [0.25, 0.3) is 0 Å². The highest BCUT2D eigenvalue weighted by molar-refractivity contribution is 7.99. The maximum atomic E-state index is 5.73. The molecule has 0 N–H and O–H groups in total. The van der Waals surface area contributed by atoms with E-state index in [1.807, 2.05) is 18.0 Å². The third-order valence-electron chi connectivity index (χ3n) is 1.98. The second-order valence-corrected chi connectivity index (χ2v) is 6.03. The van der Waals surface area contributed by atoms with Gasteiger partial charge in [-0.1, -0.05) is 27.7 Å². The predicted molar refractivity (Wildman–Crippen MR) is 61.8 cm³/mol. The Morgan fingerprint density at radius 3 is 2.57 bits per heavy atom. The summed E-state index contributed by atoms with van der Waals surface area (Å²) in [4.78, 5) is 4.31. The fourth-order valence-electron chi connectivity index (χ4n) is 1.15. The molecule has 3 heteroatoms. The number of aromatic nitrogens is 1. The Hall–Kier alpha value is -0.440. The number of oxazole rings is 1. The first-order valence-corrected chi connectivity index (χ1v) is 6.07. The molecule has 1 atom stereocenters. The van der Waals surface area contributed by atoms with E-state index in [9.17, 15) is 0 Å². The molecule has 1 unspecified atom stereocenters. The topological polar surface area (TPSA) is 26.0 Å². The van der Waals surface area contributed by atoms with Gasteiger partial charge in [-0.3, -0.25) is 0 Å². The summed E-state index contributed by atoms with van der Waals surface area (Å²) in [6, 6.07) is 0. The molecule has 1 aromatic rings. The van der Waals surface area contributed by atoms with Crippen LogP contribution in [0.1, 0.15) is 51.5 Å². The van der Waals surface area contributed by atoms with E-state index in [0.717, 1.165) is 17.4 Å². The fraction of sp³-hybridized carbons (Fsp3) is 0.727. The lowest BCUT2D eigenvalue weighted by molar-refractivity contribution is 0.373. The largest absolute Gasteiger partial charge is 0.444 e. The molecule has 0 saturated heterocycles. The Morgan fingerprint density at radius 2 is 2.14 bits per heavy atom. The Morgan fingerprint density at radius 1 is 1.50 bits per heavy atom. The van der Waals surface area contributed by atoms with Gasteiger partial charge in [-0.15, -0.1) is 0 Å². The van der Waals surface area contributed by atoms with Crippen LogP contribution in [-0.4, -0.2) is 10.7 Å². The van der Waals surface area contributed by atoms with Crippen molar-refractivity contribution < 1.29 is 4.42 Å². The van der Waals surface area contributed by atoms with E-state index in [1.54, 1.807) is 0 Å². The smallest absolute Gasteiger partial charge is 0.199 e. The van der Waals surface area contributed by atoms with Crippen molar-refractivity contribution in [3.05, 3.63) is 17.8 Å². The zero-order valence-corrected chi connectivity index (χ0v) is 10.4. The van der Waals surface area contributed by atoms with Crippen LogP contribution in [0.3, 0.4) is 0 Å². The Balaban J connectivity index is 2.78. The lowest BCUT2D eigenvalue weighted by Crippen LogP contribution is -2.11. The van der Waals surface area contributed by atoms with Crippen molar-refractivity contribution in [2.24, 2.45) is 0 Å². The normalized spacial score (nSPS) is 14.4. The van der Waals surface area contributed by atoms with Crippen LogP contribution in [0.25, 0.3) is 0 Å². The first-order valence-electron chi connectivity index (χ1n) is 5.03. The Bertz CT molecular complexity index is 288. The van der Waals surface area contributed by atoms with E-state index in [0.29, 0.717) is 5.25 Å². The van der Waals surface area contributed by atoms with Gasteiger partial charge in [0.2, 0.25) is 0 Å². The van der Waals surface area contributed by atoms with Crippen molar-refractivity contribution in [2.45, 2.75) is 45.3 Å². The van der Waals surface area contributed by atoms with E-state index in [-0.39, 0.29) is 5.41 Å². The fourth-order valence-corrected chi connectivity index (χ4v) is 1.93. The van der Waals surface area contributed by atoms with E-state index < -0.39 is 0 Å². The molecule has 0 bridgehead atoms. The molecule has 0 radical (unpaired) electrons. The maximum Gasteiger partial charge on any atom is 0.199 e. The number of nitrogens with zero attached hydrogens (tertiary/aromatic N) is 1. The van der Waals surface area contributed by atoms with Crippen molar-refractivity contribution in [1.82, 2.24) is 4.98 Å². The van der Waals surface area contributed by atoms with Crippen molar-refractivity contribution in [2.75, 3.05) is 5.75 Å². The van der Waals surface area contributed by atoms with Crippen LogP contribution in [0, 0.1) is 0 Å². The molecule has 0 spiro atoms. The zero-order valence-electron chi connectivity index (χ0n) is 9.63. The highest BCUT2D eigenvalue weighted by Gasteiger charge is 2.21. The number of hydrogen-bond donors (Lipinski definition) is 0. The van der Waals surface area contributed by atoms with Gasteiger partial charge in [0.15, 0.2) is 5.89 Å². The van der Waals surface area contributed by atoms with E-state index in [4.69, 9.17) is 4.42 Å². The summed E-state index contributed by atoms with van der Waals surface area (Å²) >= 11 is 1.87. The van der Waals surface area contributed by atoms with Crippen molar-refractivity contribution in [3.63, 3.8) is 0 Å². The summed E-state index contributed by atoms with van der Waals surface area (Å²) < 4.78 is 5.73. The quantitative estimate of drug-likeness (QED) is 0.764. The highest BCUT2D eigenvalue weighted by atomic mass is 32.2. The van der Waals surface area contributed by atoms with Crippen molar-refractivity contribution in [3.8, 4) is 0 Å². The first-order chi connectivity index (χ1) is 6.45. The summed E-state index contributed by atoms with van der Waals surface area (Å²) in [6.45, 7) is 10.6. The van der Waals surface area contributed by atoms with E-state index in [2.05, 4.69) is 39.6 Å². The predicted octanol–water partition coefficient (Wildman–Crippen LogP) is 3.79. The monoisotopic (exact) mass is 213 g/mol. The summed E-state index contributed by atoms with van der Waals surface area (Å²) in [5, 5.41) is 0.406. The Kier molecular flexibility index (Phi) is 3.65. The summed E-state index contributed by atoms with van der Waals surface area (Å²) in [6.07, 6.45) is 1.86. The molecule has 0 aliphatic heterocycles. The second-order valence-electron chi connectivity index (χ2n) is 4.42. The van der Waals surface area contributed by atoms with Gasteiger partial charge in [0.05, 0.1) is 11.4 Å². The van der Waals surface area contributed by atoms with Gasteiger partial charge in [0, 0.05) is 5.41 Å². The highest BCUT2D eigenvalue weighted by Crippen LogP contribution is 2.31. The summed E-state index contributed by atoms with van der Waals surface area (Å²) in [5.41, 5.74) is 0.00878. The molecule has 0 saturated carbocycles. The van der Waals surface area contributed by atoms with Crippen LogP contribution in [0.2, 0.25) is 0 Å². The molecule has 1 rings (SSSR count). The van der Waals surface area contributed by atoms with Gasteiger partial charge < -0.3 is 4.42 Å². The third kappa shape index (κ3) is 2.77. The molecule has 80 valence electrons. The number of rotatable bonds is 3. The number of hydrogen-bond acceptors (Lipinski definition) is 3. The van der Waals surface area contributed by atoms with E-state index in [1.165, 1.54) is 0 Å². The average Bonchev–Trinajstić information content (AvgIpc) is 2.51. The molecule has 0 aromatic carbocycles. The molecule has 0 aliphatic carbocycles. The van der Waals surface area contributed by atoms with Gasteiger partial charge >= 0.3 is 0 Å². The maximum absolute atomic E-state index is 5.73. The number of thioether (sulfide) groups is 1. The summed E-state index contributed by atoms with van der Waals surface area (Å²) in [5.74, 6) is 2.92. The minimum Gasteiger partial charge on any atom is -0.444 e. The van der Waals surface area contributed by atoms with Crippen LogP contribution in [0.15, 0.2) is 10.6 Å². The van der Waals surface area contributed by atoms with Gasteiger partial charge in [0.1, 0.15) is 5.76 Å². The van der Waals surface area contributed by atoms with Gasteiger partial charge in [-0.05, 0) is 12.7 Å². The summed E-state index contributed by atoms with van der Waals surface area (Å²) in [7, 11) is 0. The van der Waals surface area contributed by atoms with Crippen LogP contribution in [-0.2, 0) is 5.41 Å². The van der Waals surface area contributed by atoms with E-state index >= 15 is 0 Å². The van der Waals surface area contributed by atoms with Crippen LogP contribution in [0.4, 0.5) is 0 Å². The zero-order chi connectivity index (χ0) is 10.8. The molecule has 14 heavy (non-hydrogen) atoms. The lowest BCUT2D eigenvalue weighted by atomic mass is 9.97. The molecule has 2 nitrogen and oxygen atoms in total. The SMILES string of the molecule is CCSC(C)c1cnc(C(C)(C)C)o1. The first kappa shape index (κ1) is 11.6. The van der Waals surface area contributed by atoms with Crippen LogP contribution >= 0.6 is 11.8 Å². The average molecular weight is 213 g/mol. The second kappa shape index (κ2) is 4.39. The van der Waals surface area contributed by atoms with Crippen molar-refractivity contribution >= 4 is 11.8 Å². The minimum absolute atomic E-state index is 0.00878. The molecular weight excluding hydrogens is 194 g/mol. The molecular formula is C11H19NOS. The Labute approximate surface area is 90.5 Å². The molecule has 0 aliphatic rings. The molecule has 0 fully saturated rings. The minimum atomic E-state index is 0.00878. The van der Waals surface area contributed by atoms with Gasteiger partial charge in [-0.2, -0.15) is 11.8 Å². The third-order valence-corrected chi connectivity index (χ3v) is 3.05. The van der Waals surface area contributed by atoms with Crippen molar-refractivity contribution in [1.29, 1.82) is 0 Å². The molecule has 1 heterocycles. The lowest BCUT2D eigenvalue weighted by Gasteiger charge is -2.12. The van der Waals surface area contributed by atoms with Crippen LogP contribution in [0.5, 0.6) is 0 Å². The standard InChI is InChI=1S/C11H19NOS/c1-6-14-8(2)9-7-12-10(13-9)11(3,4)5/h7-8H,6H2,1-5H3. The molecule has 0 amide bonds. The van der Waals surface area contributed by atoms with Crippen LogP contribution < -0.4 is 0 Å².